The molecule has 1 heterocycles. The molecule has 4 nitrogen and oxygen atoms in total. The zero-order chi connectivity index (χ0) is 13.5. The van der Waals surface area contributed by atoms with Gasteiger partial charge in [-0.15, -0.1) is 11.3 Å². The van der Waals surface area contributed by atoms with Gasteiger partial charge in [-0.3, -0.25) is 4.79 Å². The molecule has 2 aromatic rings. The molecule has 98 valence electrons. The zero-order valence-electron chi connectivity index (χ0n) is 9.97. The normalized spacial score (nSPS) is 10.6. The van der Waals surface area contributed by atoms with Crippen LogP contribution in [0.15, 0.2) is 46.9 Å². The highest BCUT2D eigenvalue weighted by Gasteiger charge is 2.01. The third-order valence-electron chi connectivity index (χ3n) is 2.24. The number of para-hydroxylation sites is 1. The molecule has 0 saturated heterocycles. The van der Waals surface area contributed by atoms with Crippen molar-refractivity contribution in [3.8, 4) is 0 Å². The molecule has 1 amide bonds. The van der Waals surface area contributed by atoms with Crippen molar-refractivity contribution >= 4 is 40.7 Å². The molecule has 0 aliphatic heterocycles. The summed E-state index contributed by atoms with van der Waals surface area (Å²) in [6.07, 6.45) is 1.61. The third-order valence-corrected chi connectivity index (χ3v) is 3.37. The Morgan fingerprint density at radius 2 is 2.16 bits per heavy atom. The highest BCUT2D eigenvalue weighted by atomic mass is 35.5. The molecule has 0 bridgehead atoms. The number of rotatable bonds is 5. The van der Waals surface area contributed by atoms with Crippen molar-refractivity contribution in [2.24, 2.45) is 5.10 Å². The number of hydrogen-bond acceptors (Lipinski definition) is 4. The monoisotopic (exact) mass is 293 g/mol. The van der Waals surface area contributed by atoms with E-state index in [-0.39, 0.29) is 12.5 Å². The second-order valence-electron chi connectivity index (χ2n) is 3.64. The van der Waals surface area contributed by atoms with E-state index >= 15 is 0 Å². The number of carbonyl (C=O) groups is 1. The predicted octanol–water partition coefficient (Wildman–Crippen LogP) is 2.96. The van der Waals surface area contributed by atoms with Crippen molar-refractivity contribution in [1.82, 2.24) is 5.43 Å². The van der Waals surface area contributed by atoms with Crippen LogP contribution in [0.2, 0.25) is 5.02 Å². The van der Waals surface area contributed by atoms with Crippen molar-refractivity contribution in [3.05, 3.63) is 51.7 Å². The first kappa shape index (κ1) is 13.6. The van der Waals surface area contributed by atoms with Crippen LogP contribution >= 0.6 is 22.9 Å². The lowest BCUT2D eigenvalue weighted by Gasteiger charge is -2.06. The van der Waals surface area contributed by atoms with Gasteiger partial charge >= 0.3 is 0 Å². The first-order chi connectivity index (χ1) is 9.25. The molecule has 0 atom stereocenters. The molecular formula is C13H12ClN3OS. The second-order valence-corrected chi connectivity index (χ2v) is 5.03. The summed E-state index contributed by atoms with van der Waals surface area (Å²) >= 11 is 7.51. The lowest BCUT2D eigenvalue weighted by atomic mass is 10.3. The molecule has 1 aromatic carbocycles. The van der Waals surface area contributed by atoms with Crippen molar-refractivity contribution in [3.63, 3.8) is 0 Å². The van der Waals surface area contributed by atoms with Gasteiger partial charge in [-0.1, -0.05) is 29.8 Å². The molecule has 0 aliphatic carbocycles. The van der Waals surface area contributed by atoms with Crippen LogP contribution < -0.4 is 10.7 Å². The summed E-state index contributed by atoms with van der Waals surface area (Å²) in [6, 6.07) is 11.1. The number of nitrogens with zero attached hydrogens (tertiary/aromatic N) is 1. The van der Waals surface area contributed by atoms with Gasteiger partial charge < -0.3 is 5.32 Å². The molecule has 0 unspecified atom stereocenters. The molecule has 1 aromatic heterocycles. The minimum atomic E-state index is -0.229. The summed E-state index contributed by atoms with van der Waals surface area (Å²) < 4.78 is 0. The Bertz CT molecular complexity index is 569. The van der Waals surface area contributed by atoms with Crippen LogP contribution in [-0.4, -0.2) is 18.7 Å². The second kappa shape index (κ2) is 6.92. The summed E-state index contributed by atoms with van der Waals surface area (Å²) in [5, 5.41) is 9.33. The van der Waals surface area contributed by atoms with E-state index in [0.29, 0.717) is 5.02 Å². The lowest BCUT2D eigenvalue weighted by Crippen LogP contribution is -2.25. The molecule has 0 saturated carbocycles. The molecule has 0 radical (unpaired) electrons. The van der Waals surface area contributed by atoms with Gasteiger partial charge in [-0.2, -0.15) is 5.10 Å². The molecule has 6 heteroatoms. The van der Waals surface area contributed by atoms with Crippen LogP contribution in [0.25, 0.3) is 0 Å². The number of thiophene rings is 1. The molecule has 2 rings (SSSR count). The number of nitrogens with one attached hydrogen (secondary N) is 2. The van der Waals surface area contributed by atoms with Gasteiger partial charge in [0.1, 0.15) is 0 Å². The lowest BCUT2D eigenvalue weighted by molar-refractivity contribution is -0.119. The number of benzene rings is 1. The van der Waals surface area contributed by atoms with Gasteiger partial charge in [0, 0.05) is 4.88 Å². The Kier molecular flexibility index (Phi) is 4.94. The number of amides is 1. The van der Waals surface area contributed by atoms with E-state index in [9.17, 15) is 4.79 Å². The Labute approximate surface area is 120 Å². The van der Waals surface area contributed by atoms with Gasteiger partial charge in [0.25, 0.3) is 5.91 Å². The van der Waals surface area contributed by atoms with Crippen molar-refractivity contribution < 1.29 is 4.79 Å². The molecule has 2 N–H and O–H groups in total. The van der Waals surface area contributed by atoms with Crippen LogP contribution in [0, 0.1) is 0 Å². The maximum atomic E-state index is 11.5. The van der Waals surface area contributed by atoms with Crippen molar-refractivity contribution in [2.45, 2.75) is 0 Å². The fourth-order valence-corrected chi connectivity index (χ4v) is 2.14. The number of hydrogen-bond donors (Lipinski definition) is 2. The van der Waals surface area contributed by atoms with Gasteiger partial charge in [-0.25, -0.2) is 5.43 Å². The van der Waals surface area contributed by atoms with E-state index in [1.807, 2.05) is 35.7 Å². The quantitative estimate of drug-likeness (QED) is 0.658. The summed E-state index contributed by atoms with van der Waals surface area (Å²) in [5.41, 5.74) is 3.17. The first-order valence-corrected chi connectivity index (χ1v) is 6.85. The highest BCUT2D eigenvalue weighted by molar-refractivity contribution is 7.11. The highest BCUT2D eigenvalue weighted by Crippen LogP contribution is 2.19. The Hall–Kier alpha value is -1.85. The third kappa shape index (κ3) is 4.39. The minimum absolute atomic E-state index is 0.117. The molecule has 19 heavy (non-hydrogen) atoms. The van der Waals surface area contributed by atoms with E-state index < -0.39 is 0 Å². The first-order valence-electron chi connectivity index (χ1n) is 5.59. The number of carbonyl (C=O) groups excluding carboxylic acids is 1. The Balaban J connectivity index is 1.78. The number of anilines is 1. The fourth-order valence-electron chi connectivity index (χ4n) is 1.35. The van der Waals surface area contributed by atoms with E-state index in [1.54, 1.807) is 23.6 Å². The summed E-state index contributed by atoms with van der Waals surface area (Å²) in [4.78, 5) is 12.5. The molecule has 0 spiro atoms. The summed E-state index contributed by atoms with van der Waals surface area (Å²) in [5.74, 6) is -0.229. The van der Waals surface area contributed by atoms with E-state index in [1.165, 1.54) is 0 Å². The maximum absolute atomic E-state index is 11.5. The fraction of sp³-hybridized carbons (Fsp3) is 0.0769. The van der Waals surface area contributed by atoms with E-state index in [2.05, 4.69) is 15.8 Å². The zero-order valence-corrected chi connectivity index (χ0v) is 11.5. The molecule has 0 fully saturated rings. The van der Waals surface area contributed by atoms with Crippen LogP contribution in [0.1, 0.15) is 4.88 Å². The topological polar surface area (TPSA) is 53.5 Å². The predicted molar refractivity (Wildman–Crippen MR) is 80.0 cm³/mol. The summed E-state index contributed by atoms with van der Waals surface area (Å²) in [6.45, 7) is 0.117. The van der Waals surface area contributed by atoms with Gasteiger partial charge in [0.15, 0.2) is 0 Å². The van der Waals surface area contributed by atoms with Gasteiger partial charge in [0.05, 0.1) is 23.5 Å². The van der Waals surface area contributed by atoms with Crippen molar-refractivity contribution in [2.75, 3.05) is 11.9 Å². The van der Waals surface area contributed by atoms with E-state index in [0.717, 1.165) is 10.6 Å². The minimum Gasteiger partial charge on any atom is -0.375 e. The van der Waals surface area contributed by atoms with Crippen LogP contribution in [-0.2, 0) is 4.79 Å². The van der Waals surface area contributed by atoms with Gasteiger partial charge in [0.2, 0.25) is 0 Å². The average Bonchev–Trinajstić information content (AvgIpc) is 2.91. The molecular weight excluding hydrogens is 282 g/mol. The largest absolute Gasteiger partial charge is 0.375 e. The molecule has 0 aliphatic rings. The smallest absolute Gasteiger partial charge is 0.259 e. The Morgan fingerprint density at radius 3 is 2.89 bits per heavy atom. The Morgan fingerprint density at radius 1 is 1.32 bits per heavy atom. The van der Waals surface area contributed by atoms with Crippen LogP contribution in [0.5, 0.6) is 0 Å². The average molecular weight is 294 g/mol. The number of halogens is 1. The van der Waals surface area contributed by atoms with E-state index in [4.69, 9.17) is 11.6 Å². The SMILES string of the molecule is O=C(CNc1ccccc1Cl)NN=Cc1cccs1. The van der Waals surface area contributed by atoms with Crippen LogP contribution in [0.4, 0.5) is 5.69 Å². The maximum Gasteiger partial charge on any atom is 0.259 e. The van der Waals surface area contributed by atoms with Gasteiger partial charge in [-0.05, 0) is 23.6 Å². The summed E-state index contributed by atoms with van der Waals surface area (Å²) in [7, 11) is 0. The number of hydrazone groups is 1. The van der Waals surface area contributed by atoms with Crippen molar-refractivity contribution in [1.29, 1.82) is 0 Å². The standard InChI is InChI=1S/C13H12ClN3OS/c14-11-5-1-2-6-12(11)15-9-13(18)17-16-8-10-4-3-7-19-10/h1-8,15H,9H2,(H,17,18). The van der Waals surface area contributed by atoms with Crippen LogP contribution in [0.3, 0.4) is 0 Å².